The van der Waals surface area contributed by atoms with E-state index in [9.17, 15) is 9.59 Å². The molecule has 7 saturated carbocycles. The van der Waals surface area contributed by atoms with Gasteiger partial charge in [-0.3, -0.25) is 9.59 Å². The highest BCUT2D eigenvalue weighted by Gasteiger charge is 2.79. The standard InChI is InChI=1S/C25H32O2.C24H32O2.15CH4/c1-3-15-12-16-13-17(26)6-7-18(16)19-8-10-24(4-2)23(22(15)19)20-14-21(20)25(24)9-5-11-27-25;1-3-23-9-7-18-17-6-5-16(25)12-15(17)11-14(2)21(18)22(23)19-13-20(19)24(23)8-4-10-26-24;;;;;;;;;;;;;;;/h5,9,12-13,18-23H,3-4,6-8,10-11,14H2,1-2H3;4,8,12,14,17-22H,3,5-7,9-11,13H2,1-2H3;15*1H4/t18-,19+,20+,21-,22+,23-,24-,25-;14-,17+,18-,19-,20+,21-,22+,23+,24+;;;;;;;;;;;;;;;/m01.............../s1. The quantitative estimate of drug-likeness (QED) is 0.265. The topological polar surface area (TPSA) is 52.6 Å². The van der Waals surface area contributed by atoms with Crippen LogP contribution in [0.25, 0.3) is 0 Å². The summed E-state index contributed by atoms with van der Waals surface area (Å²) in [6, 6.07) is 0. The number of carbonyl (C=O) groups excluding carboxylic acids is 2. The highest BCUT2D eigenvalue weighted by molar-refractivity contribution is 5.92. The molecule has 10 aliphatic carbocycles. The van der Waals surface area contributed by atoms with E-state index >= 15 is 0 Å². The Balaban J connectivity index is -0.000000319. The summed E-state index contributed by atoms with van der Waals surface area (Å²) in [4.78, 5) is 24.0. The van der Waals surface area contributed by atoms with Gasteiger partial charge in [-0.1, -0.05) is 181 Å². The first kappa shape index (κ1) is 74.9. The van der Waals surface area contributed by atoms with Gasteiger partial charge in [0.15, 0.2) is 11.6 Å². The average molecular weight is 958 g/mol. The van der Waals surface area contributed by atoms with Crippen molar-refractivity contribution in [3.63, 3.8) is 0 Å². The van der Waals surface area contributed by atoms with E-state index in [4.69, 9.17) is 9.47 Å². The van der Waals surface area contributed by atoms with Crippen molar-refractivity contribution in [3.05, 3.63) is 59.3 Å². The third-order valence-electron chi connectivity index (χ3n) is 19.4. The van der Waals surface area contributed by atoms with Crippen LogP contribution in [0.15, 0.2) is 59.3 Å². The second-order valence-electron chi connectivity index (χ2n) is 20.4. The lowest BCUT2D eigenvalue weighted by molar-refractivity contribution is -0.150. The van der Waals surface area contributed by atoms with Crippen LogP contribution in [0.4, 0.5) is 0 Å². The van der Waals surface area contributed by atoms with Crippen LogP contribution in [0.1, 0.15) is 229 Å². The SMILES string of the molecule is C.C.C.C.C.C.C.C.C.C.C.C.C.C.C.CCC1=CC2=CC(=O)CC[C@@H]2[C@H]2CC[C@@]3(CC)[C@@H]([C@@H]4C[C@@H]4[C@@]34C=CCO4)[C@H]12.CC[C@]12CC[C@H]3[C@H]([C@@H]1[C@@H]1C[C@@H]1[C@@]21C=CCO1)[C@H](C)CC1=CC(=O)CC[C@@H]13. The van der Waals surface area contributed by atoms with Gasteiger partial charge < -0.3 is 9.47 Å². The molecule has 0 aromatic heterocycles. The summed E-state index contributed by atoms with van der Waals surface area (Å²) in [5.41, 5.74) is 5.36. The highest BCUT2D eigenvalue weighted by Crippen LogP contribution is 2.80. The fourth-order valence-electron chi connectivity index (χ4n) is 17.8. The zero-order chi connectivity index (χ0) is 36.1. The number of allylic oxidation sites excluding steroid dienone is 5. The van der Waals surface area contributed by atoms with E-state index in [0.29, 0.717) is 34.2 Å². The van der Waals surface area contributed by atoms with E-state index in [1.807, 2.05) is 12.2 Å². The predicted molar refractivity (Wildman–Crippen MR) is 308 cm³/mol. The summed E-state index contributed by atoms with van der Waals surface area (Å²) in [6.45, 7) is 11.3. The second kappa shape index (κ2) is 26.1. The molecular formula is C64H124O4. The van der Waals surface area contributed by atoms with Crippen LogP contribution in [0.5, 0.6) is 0 Å². The molecule has 0 aromatic rings. The molecule has 12 rings (SSSR count). The van der Waals surface area contributed by atoms with Gasteiger partial charge in [-0.05, 0) is 172 Å². The maximum absolute atomic E-state index is 12.1. The Hall–Kier alpha value is -2.04. The largest absolute Gasteiger partial charge is 0.366 e. The third-order valence-corrected chi connectivity index (χ3v) is 19.4. The molecule has 0 unspecified atom stereocenters. The third kappa shape index (κ3) is 9.43. The van der Waals surface area contributed by atoms with Gasteiger partial charge in [0.1, 0.15) is 0 Å². The van der Waals surface area contributed by atoms with Crippen molar-refractivity contribution in [2.75, 3.05) is 13.2 Å². The van der Waals surface area contributed by atoms with E-state index in [1.165, 1.54) is 68.9 Å². The number of fused-ring (bicyclic) bond motifs is 18. The highest BCUT2D eigenvalue weighted by atomic mass is 16.5. The number of hydrogen-bond donors (Lipinski definition) is 0. The van der Waals surface area contributed by atoms with Crippen molar-refractivity contribution in [1.29, 1.82) is 0 Å². The Labute approximate surface area is 429 Å². The van der Waals surface area contributed by atoms with E-state index in [0.717, 1.165) is 110 Å². The smallest absolute Gasteiger partial charge is 0.155 e. The number of ketones is 2. The van der Waals surface area contributed by atoms with Gasteiger partial charge in [0.05, 0.1) is 24.4 Å². The van der Waals surface area contributed by atoms with Crippen LogP contribution in [0.3, 0.4) is 0 Å². The van der Waals surface area contributed by atoms with Crippen molar-refractivity contribution >= 4 is 11.6 Å². The minimum Gasteiger partial charge on any atom is -0.366 e. The zero-order valence-electron chi connectivity index (χ0n) is 33.0. The van der Waals surface area contributed by atoms with Crippen molar-refractivity contribution in [1.82, 2.24) is 0 Å². The summed E-state index contributed by atoms with van der Waals surface area (Å²) in [5, 5.41) is 0. The summed E-state index contributed by atoms with van der Waals surface area (Å²) in [7, 11) is 0. The molecule has 0 radical (unpaired) electrons. The van der Waals surface area contributed by atoms with Crippen LogP contribution in [-0.4, -0.2) is 36.0 Å². The Morgan fingerprint density at radius 2 is 1.03 bits per heavy atom. The Morgan fingerprint density at radius 1 is 0.559 bits per heavy atom. The lowest BCUT2D eigenvalue weighted by atomic mass is 9.46. The maximum atomic E-state index is 12.1. The van der Waals surface area contributed by atoms with Crippen molar-refractivity contribution in [2.24, 2.45) is 87.8 Å². The van der Waals surface area contributed by atoms with Crippen molar-refractivity contribution in [2.45, 2.75) is 240 Å². The van der Waals surface area contributed by atoms with E-state index in [2.05, 4.69) is 58.1 Å². The zero-order valence-corrected chi connectivity index (χ0v) is 33.0. The van der Waals surface area contributed by atoms with E-state index in [1.54, 1.807) is 5.57 Å². The average Bonchev–Trinajstić information content (AvgIpc) is 3.97. The molecule has 2 aliphatic heterocycles. The Morgan fingerprint density at radius 3 is 1.51 bits per heavy atom. The molecule has 0 aromatic carbocycles. The molecule has 0 bridgehead atoms. The van der Waals surface area contributed by atoms with Gasteiger partial charge in [-0.2, -0.15) is 0 Å². The van der Waals surface area contributed by atoms with Gasteiger partial charge in [-0.15, -0.1) is 0 Å². The van der Waals surface area contributed by atoms with Crippen molar-refractivity contribution < 1.29 is 19.1 Å². The summed E-state index contributed by atoms with van der Waals surface area (Å²) in [6.07, 6.45) is 32.8. The number of hydrogen-bond acceptors (Lipinski definition) is 4. The fourth-order valence-corrected chi connectivity index (χ4v) is 17.8. The monoisotopic (exact) mass is 957 g/mol. The predicted octanol–water partition coefficient (Wildman–Crippen LogP) is 19.7. The van der Waals surface area contributed by atoms with Gasteiger partial charge in [0.2, 0.25) is 0 Å². The number of ether oxygens (including phenoxy) is 2. The lowest BCUT2D eigenvalue weighted by Gasteiger charge is -2.60. The molecule has 4 heteroatoms. The van der Waals surface area contributed by atoms with E-state index in [-0.39, 0.29) is 123 Å². The molecule has 2 spiro atoms. The fraction of sp³-hybridized carbons (Fsp3) is 0.812. The Kier molecular flexibility index (Phi) is 28.7. The van der Waals surface area contributed by atoms with Gasteiger partial charge in [0, 0.05) is 23.7 Å². The molecule has 0 saturated heterocycles. The first-order valence-corrected chi connectivity index (χ1v) is 22.6. The first-order chi connectivity index (χ1) is 25.8. The summed E-state index contributed by atoms with van der Waals surface area (Å²) in [5.74, 6) is 10.9. The van der Waals surface area contributed by atoms with Crippen LogP contribution in [0, 0.1) is 87.8 Å². The molecule has 2 heterocycles. The molecule has 68 heavy (non-hydrogen) atoms. The molecule has 7 fully saturated rings. The minimum absolute atomic E-state index is 0. The summed E-state index contributed by atoms with van der Waals surface area (Å²) >= 11 is 0. The summed E-state index contributed by atoms with van der Waals surface area (Å²) < 4.78 is 13.2. The Bertz CT molecular complexity index is 1760. The second-order valence-corrected chi connectivity index (χ2v) is 20.4. The molecule has 0 amide bonds. The molecule has 404 valence electrons. The molecule has 0 N–H and O–H groups in total. The van der Waals surface area contributed by atoms with Gasteiger partial charge in [-0.25, -0.2) is 0 Å². The normalized spacial score (nSPS) is 42.3. The molecule has 17 atom stereocenters. The van der Waals surface area contributed by atoms with Gasteiger partial charge >= 0.3 is 0 Å². The number of rotatable bonds is 3. The van der Waals surface area contributed by atoms with Crippen LogP contribution in [0.2, 0.25) is 0 Å². The van der Waals surface area contributed by atoms with Crippen molar-refractivity contribution in [3.8, 4) is 0 Å². The van der Waals surface area contributed by atoms with Crippen LogP contribution < -0.4 is 0 Å². The van der Waals surface area contributed by atoms with Crippen LogP contribution >= 0.6 is 0 Å². The maximum Gasteiger partial charge on any atom is 0.155 e. The van der Waals surface area contributed by atoms with Gasteiger partial charge in [0.25, 0.3) is 0 Å². The molecular weight excluding hydrogens is 833 g/mol. The lowest BCUT2D eigenvalue weighted by Crippen LogP contribution is -2.57. The van der Waals surface area contributed by atoms with E-state index < -0.39 is 0 Å². The first-order valence-electron chi connectivity index (χ1n) is 22.6. The minimum atomic E-state index is 0. The van der Waals surface area contributed by atoms with Crippen LogP contribution in [-0.2, 0) is 19.1 Å². The molecule has 12 aliphatic rings. The molecule has 4 nitrogen and oxygen atoms in total. The number of carbonyl (C=O) groups is 2.